The first-order valence-corrected chi connectivity index (χ1v) is 9.19. The van der Waals surface area contributed by atoms with Crippen LogP contribution in [0.25, 0.3) is 11.5 Å². The molecule has 0 aliphatic rings. The molecule has 148 valence electrons. The van der Waals surface area contributed by atoms with Gasteiger partial charge in [-0.2, -0.15) is 0 Å². The third kappa shape index (κ3) is 4.41. The lowest BCUT2D eigenvalue weighted by atomic mass is 10.0. The summed E-state index contributed by atoms with van der Waals surface area (Å²) < 4.78 is 10.7. The molecule has 0 unspecified atom stereocenters. The van der Waals surface area contributed by atoms with Gasteiger partial charge in [0.15, 0.2) is 12.4 Å². The molecule has 0 spiro atoms. The van der Waals surface area contributed by atoms with Gasteiger partial charge in [0.05, 0.1) is 5.69 Å². The summed E-state index contributed by atoms with van der Waals surface area (Å²) >= 11 is 0. The van der Waals surface area contributed by atoms with E-state index < -0.39 is 0 Å². The lowest BCUT2D eigenvalue weighted by molar-refractivity contribution is -0.118. The second-order valence-electron chi connectivity index (χ2n) is 6.35. The molecular weight excluding hydrogens is 382 g/mol. The number of carbonyl (C=O) groups is 2. The van der Waals surface area contributed by atoms with E-state index in [2.05, 4.69) is 15.5 Å². The highest BCUT2D eigenvalue weighted by molar-refractivity contribution is 6.13. The smallest absolute Gasteiger partial charge is 0.262 e. The summed E-state index contributed by atoms with van der Waals surface area (Å²) in [5.41, 5.74) is 2.15. The molecule has 4 rings (SSSR count). The molecule has 0 bridgehead atoms. The Kier molecular flexibility index (Phi) is 5.61. The van der Waals surface area contributed by atoms with Crippen LogP contribution in [0, 0.1) is 0 Å². The van der Waals surface area contributed by atoms with Gasteiger partial charge in [0, 0.05) is 16.7 Å². The molecule has 0 aliphatic carbocycles. The van der Waals surface area contributed by atoms with Gasteiger partial charge in [0.1, 0.15) is 5.75 Å². The minimum atomic E-state index is -0.371. The number of benzene rings is 3. The van der Waals surface area contributed by atoms with Crippen LogP contribution in [-0.4, -0.2) is 28.5 Å². The van der Waals surface area contributed by atoms with Crippen LogP contribution in [0.4, 0.5) is 5.69 Å². The Morgan fingerprint density at radius 2 is 1.63 bits per heavy atom. The van der Waals surface area contributed by atoms with Gasteiger partial charge in [-0.3, -0.25) is 9.59 Å². The molecule has 0 radical (unpaired) electrons. The van der Waals surface area contributed by atoms with Gasteiger partial charge in [-0.1, -0.05) is 42.5 Å². The monoisotopic (exact) mass is 399 g/mol. The van der Waals surface area contributed by atoms with Crippen LogP contribution in [-0.2, 0) is 4.79 Å². The first-order chi connectivity index (χ1) is 14.7. The van der Waals surface area contributed by atoms with Crippen molar-refractivity contribution in [1.29, 1.82) is 0 Å². The summed E-state index contributed by atoms with van der Waals surface area (Å²) in [6.45, 7) is -0.201. The normalized spacial score (nSPS) is 10.4. The van der Waals surface area contributed by atoms with Crippen LogP contribution in [0.1, 0.15) is 15.9 Å². The zero-order valence-corrected chi connectivity index (χ0v) is 15.8. The first kappa shape index (κ1) is 19.1. The van der Waals surface area contributed by atoms with E-state index in [0.29, 0.717) is 28.5 Å². The number of nitrogens with one attached hydrogen (secondary N) is 1. The van der Waals surface area contributed by atoms with Gasteiger partial charge in [0.25, 0.3) is 5.91 Å². The Morgan fingerprint density at radius 1 is 0.900 bits per heavy atom. The van der Waals surface area contributed by atoms with Crippen molar-refractivity contribution in [2.24, 2.45) is 0 Å². The largest absolute Gasteiger partial charge is 0.484 e. The van der Waals surface area contributed by atoms with E-state index in [-0.39, 0.29) is 18.3 Å². The number of hydrogen-bond donors (Lipinski definition) is 1. The van der Waals surface area contributed by atoms with E-state index in [9.17, 15) is 9.59 Å². The number of ketones is 1. The highest BCUT2D eigenvalue weighted by Crippen LogP contribution is 2.21. The number of ether oxygens (including phenoxy) is 1. The maximum atomic E-state index is 12.8. The lowest BCUT2D eigenvalue weighted by Crippen LogP contribution is -2.21. The van der Waals surface area contributed by atoms with Crippen molar-refractivity contribution in [3.05, 3.63) is 96.4 Å². The molecule has 0 aliphatic heterocycles. The number of carbonyl (C=O) groups excluding carboxylic acids is 2. The second-order valence-corrected chi connectivity index (χ2v) is 6.35. The summed E-state index contributed by atoms with van der Waals surface area (Å²) in [7, 11) is 0. The van der Waals surface area contributed by atoms with Crippen molar-refractivity contribution in [3.8, 4) is 17.2 Å². The highest BCUT2D eigenvalue weighted by Gasteiger charge is 2.15. The van der Waals surface area contributed by atoms with Crippen molar-refractivity contribution >= 4 is 17.4 Å². The van der Waals surface area contributed by atoms with E-state index >= 15 is 0 Å². The molecule has 3 aromatic carbocycles. The fraction of sp³-hybridized carbons (Fsp3) is 0.0435. The maximum absolute atomic E-state index is 12.8. The average Bonchev–Trinajstić information content (AvgIpc) is 3.34. The third-order valence-electron chi connectivity index (χ3n) is 4.31. The minimum absolute atomic E-state index is 0.163. The summed E-state index contributed by atoms with van der Waals surface area (Å²) in [4.78, 5) is 25.1. The van der Waals surface area contributed by atoms with Gasteiger partial charge in [-0.05, 0) is 36.4 Å². The highest BCUT2D eigenvalue weighted by atomic mass is 16.5. The summed E-state index contributed by atoms with van der Waals surface area (Å²) in [6, 6.07) is 22.7. The summed E-state index contributed by atoms with van der Waals surface area (Å²) in [5, 5.41) is 10.2. The Labute approximate surface area is 172 Å². The Balaban J connectivity index is 1.39. The second kappa shape index (κ2) is 8.83. The summed E-state index contributed by atoms with van der Waals surface area (Å²) in [5.74, 6) is 0.384. The van der Waals surface area contributed by atoms with Gasteiger partial charge in [-0.15, -0.1) is 10.2 Å². The van der Waals surface area contributed by atoms with Gasteiger partial charge < -0.3 is 14.5 Å². The van der Waals surface area contributed by atoms with E-state index in [0.717, 1.165) is 5.56 Å². The predicted octanol–water partition coefficient (Wildman–Crippen LogP) is 3.99. The molecule has 0 saturated carbocycles. The van der Waals surface area contributed by atoms with Crippen molar-refractivity contribution in [2.45, 2.75) is 0 Å². The van der Waals surface area contributed by atoms with Crippen LogP contribution in [0.15, 0.2) is 89.7 Å². The van der Waals surface area contributed by atoms with Gasteiger partial charge in [0.2, 0.25) is 12.3 Å². The molecule has 1 N–H and O–H groups in total. The summed E-state index contributed by atoms with van der Waals surface area (Å²) in [6.07, 6.45) is 1.25. The zero-order valence-electron chi connectivity index (χ0n) is 15.8. The van der Waals surface area contributed by atoms with Gasteiger partial charge >= 0.3 is 0 Å². The molecule has 4 aromatic rings. The Bertz CT molecular complexity index is 1140. The molecule has 1 aromatic heterocycles. The molecule has 0 fully saturated rings. The van der Waals surface area contributed by atoms with E-state index in [4.69, 9.17) is 9.15 Å². The molecule has 7 heteroatoms. The fourth-order valence-corrected chi connectivity index (χ4v) is 2.86. The predicted molar refractivity (Wildman–Crippen MR) is 110 cm³/mol. The number of aromatic nitrogens is 2. The molecule has 30 heavy (non-hydrogen) atoms. The average molecular weight is 399 g/mol. The molecule has 7 nitrogen and oxygen atoms in total. The Morgan fingerprint density at radius 3 is 2.37 bits per heavy atom. The van der Waals surface area contributed by atoms with E-state index in [1.807, 2.05) is 6.07 Å². The molecule has 1 amide bonds. The maximum Gasteiger partial charge on any atom is 0.262 e. The zero-order chi connectivity index (χ0) is 20.8. The van der Waals surface area contributed by atoms with E-state index in [1.165, 1.54) is 6.39 Å². The standard InChI is InChI=1S/C23H17N3O4/c27-21(14-29-18-12-10-17(11-13-18)23-26-24-15-30-23)25-20-9-5-4-8-19(20)22(28)16-6-2-1-3-7-16/h1-13,15H,14H2,(H,25,27). The van der Waals surface area contributed by atoms with Crippen molar-refractivity contribution in [3.63, 3.8) is 0 Å². The van der Waals surface area contributed by atoms with Crippen LogP contribution >= 0.6 is 0 Å². The van der Waals surface area contributed by atoms with Crippen LogP contribution in [0.3, 0.4) is 0 Å². The minimum Gasteiger partial charge on any atom is -0.484 e. The quantitative estimate of drug-likeness (QED) is 0.472. The van der Waals surface area contributed by atoms with Crippen molar-refractivity contribution in [2.75, 3.05) is 11.9 Å². The van der Waals surface area contributed by atoms with Gasteiger partial charge in [-0.25, -0.2) is 0 Å². The number of amides is 1. The fourth-order valence-electron chi connectivity index (χ4n) is 2.86. The Hall–Kier alpha value is -4.26. The van der Waals surface area contributed by atoms with Crippen LogP contribution in [0.5, 0.6) is 5.75 Å². The number of hydrogen-bond acceptors (Lipinski definition) is 6. The molecule has 0 saturated heterocycles. The molecule has 0 atom stereocenters. The van der Waals surface area contributed by atoms with Crippen LogP contribution < -0.4 is 10.1 Å². The molecule has 1 heterocycles. The first-order valence-electron chi connectivity index (χ1n) is 9.19. The van der Waals surface area contributed by atoms with Crippen molar-refractivity contribution < 1.29 is 18.7 Å². The number of anilines is 1. The number of nitrogens with zero attached hydrogens (tertiary/aromatic N) is 2. The third-order valence-corrected chi connectivity index (χ3v) is 4.31. The van der Waals surface area contributed by atoms with E-state index in [1.54, 1.807) is 72.8 Å². The van der Waals surface area contributed by atoms with Crippen molar-refractivity contribution in [1.82, 2.24) is 10.2 Å². The molecular formula is C23H17N3O4. The SMILES string of the molecule is O=C(COc1ccc(-c2nnco2)cc1)Nc1ccccc1C(=O)c1ccccc1. The number of para-hydroxylation sites is 1. The number of rotatable bonds is 7. The lowest BCUT2D eigenvalue weighted by Gasteiger charge is -2.11. The topological polar surface area (TPSA) is 94.3 Å². The van der Waals surface area contributed by atoms with Crippen LogP contribution in [0.2, 0.25) is 0 Å².